The number of carboxylic acids is 1. The average Bonchev–Trinajstić information content (AvgIpc) is 2.25. The summed E-state index contributed by atoms with van der Waals surface area (Å²) < 4.78 is 0. The average molecular weight is 231 g/mol. The maximum Gasteiger partial charge on any atom is 0.307 e. The van der Waals surface area contributed by atoms with Gasteiger partial charge in [0.25, 0.3) is 0 Å². The van der Waals surface area contributed by atoms with Gasteiger partial charge in [0.1, 0.15) is 0 Å². The summed E-state index contributed by atoms with van der Waals surface area (Å²) in [5.74, 6) is 0.471. The van der Waals surface area contributed by atoms with E-state index < -0.39 is 5.97 Å². The van der Waals surface area contributed by atoms with Gasteiger partial charge in [-0.15, -0.1) is 0 Å². The van der Waals surface area contributed by atoms with Crippen molar-refractivity contribution in [1.29, 1.82) is 0 Å². The van der Waals surface area contributed by atoms with Crippen LogP contribution in [0.2, 0.25) is 0 Å². The fourth-order valence-corrected chi connectivity index (χ4v) is 2.53. The molecule has 0 saturated carbocycles. The molecule has 1 atom stereocenters. The third kappa shape index (κ3) is 4.89. The van der Waals surface area contributed by atoms with Crippen LogP contribution in [0.15, 0.2) is 0 Å². The summed E-state index contributed by atoms with van der Waals surface area (Å²) in [4.78, 5) is 13.2. The van der Waals surface area contributed by atoms with Crippen molar-refractivity contribution >= 4 is 17.7 Å². The monoisotopic (exact) mass is 231 g/mol. The molecule has 1 N–H and O–H groups in total. The molecule has 88 valence electrons. The summed E-state index contributed by atoms with van der Waals surface area (Å²) in [6, 6.07) is 0. The van der Waals surface area contributed by atoms with E-state index >= 15 is 0 Å². The van der Waals surface area contributed by atoms with Crippen molar-refractivity contribution in [3.8, 4) is 0 Å². The van der Waals surface area contributed by atoms with E-state index in [1.807, 2.05) is 11.8 Å². The highest BCUT2D eigenvalue weighted by molar-refractivity contribution is 7.98. The van der Waals surface area contributed by atoms with Crippen LogP contribution in [0.5, 0.6) is 0 Å². The number of hydrogen-bond acceptors (Lipinski definition) is 3. The summed E-state index contributed by atoms with van der Waals surface area (Å²) in [7, 11) is 0. The van der Waals surface area contributed by atoms with E-state index in [9.17, 15) is 4.79 Å². The molecule has 0 bridgehead atoms. The Morgan fingerprint density at radius 1 is 1.53 bits per heavy atom. The van der Waals surface area contributed by atoms with Crippen molar-refractivity contribution < 1.29 is 9.90 Å². The molecular formula is C11H21NO2S. The first-order chi connectivity index (χ1) is 7.24. The lowest BCUT2D eigenvalue weighted by molar-refractivity contribution is -0.143. The van der Waals surface area contributed by atoms with Gasteiger partial charge in [0.2, 0.25) is 0 Å². The number of thioether (sulfide) groups is 1. The van der Waals surface area contributed by atoms with Crippen LogP contribution in [0.4, 0.5) is 0 Å². The van der Waals surface area contributed by atoms with Crippen molar-refractivity contribution in [3.05, 3.63) is 0 Å². The van der Waals surface area contributed by atoms with Gasteiger partial charge < -0.3 is 10.0 Å². The summed E-state index contributed by atoms with van der Waals surface area (Å²) in [6.45, 7) is 2.92. The molecule has 0 aromatic carbocycles. The molecule has 0 spiro atoms. The number of aliphatic carboxylic acids is 1. The normalized spacial score (nSPS) is 22.9. The van der Waals surface area contributed by atoms with E-state index in [1.165, 1.54) is 18.6 Å². The highest BCUT2D eigenvalue weighted by Crippen LogP contribution is 2.17. The number of hydrogen-bond donors (Lipinski definition) is 1. The molecule has 15 heavy (non-hydrogen) atoms. The van der Waals surface area contributed by atoms with Gasteiger partial charge in [0.05, 0.1) is 5.92 Å². The van der Waals surface area contributed by atoms with E-state index in [0.717, 1.165) is 32.5 Å². The van der Waals surface area contributed by atoms with Gasteiger partial charge >= 0.3 is 5.97 Å². The number of likely N-dealkylation sites (tertiary alicyclic amines) is 1. The van der Waals surface area contributed by atoms with E-state index in [0.29, 0.717) is 0 Å². The molecule has 1 saturated heterocycles. The van der Waals surface area contributed by atoms with E-state index in [1.54, 1.807) is 0 Å². The fraction of sp³-hybridized carbons (Fsp3) is 0.909. The zero-order valence-corrected chi connectivity index (χ0v) is 10.3. The van der Waals surface area contributed by atoms with Crippen LogP contribution >= 0.6 is 11.8 Å². The zero-order chi connectivity index (χ0) is 11.1. The van der Waals surface area contributed by atoms with Gasteiger partial charge in [0, 0.05) is 6.54 Å². The topological polar surface area (TPSA) is 40.5 Å². The van der Waals surface area contributed by atoms with E-state index in [-0.39, 0.29) is 5.92 Å². The molecule has 1 aliphatic rings. The standard InChI is InChI=1S/C11H21NO2S/c1-15-8-3-2-6-12-7-4-5-10(9-12)11(13)14/h10H,2-9H2,1H3,(H,13,14). The second-order valence-corrected chi connectivity index (χ2v) is 5.16. The number of carboxylic acid groups (broad SMARTS) is 1. The Balaban J connectivity index is 2.15. The SMILES string of the molecule is CSCCCCN1CCCC(C(=O)O)C1. The smallest absolute Gasteiger partial charge is 0.307 e. The zero-order valence-electron chi connectivity index (χ0n) is 9.45. The lowest BCUT2D eigenvalue weighted by atomic mass is 9.98. The summed E-state index contributed by atoms with van der Waals surface area (Å²) in [6.07, 6.45) is 6.47. The van der Waals surface area contributed by atoms with Crippen molar-refractivity contribution in [2.24, 2.45) is 5.92 Å². The molecule has 0 aromatic rings. The van der Waals surface area contributed by atoms with Gasteiger partial charge in [-0.2, -0.15) is 11.8 Å². The van der Waals surface area contributed by atoms with Crippen LogP contribution in [-0.4, -0.2) is 47.6 Å². The maximum atomic E-state index is 10.8. The van der Waals surface area contributed by atoms with Gasteiger partial charge in [-0.05, 0) is 50.8 Å². The maximum absolute atomic E-state index is 10.8. The molecule has 1 heterocycles. The highest BCUT2D eigenvalue weighted by atomic mass is 32.2. The molecule has 0 aromatic heterocycles. The molecule has 1 aliphatic heterocycles. The third-order valence-corrected chi connectivity index (χ3v) is 3.62. The van der Waals surface area contributed by atoms with Crippen LogP contribution in [0.1, 0.15) is 25.7 Å². The van der Waals surface area contributed by atoms with Crippen molar-refractivity contribution in [1.82, 2.24) is 4.90 Å². The predicted octanol–water partition coefficient (Wildman–Crippen LogP) is 1.93. The largest absolute Gasteiger partial charge is 0.481 e. The predicted molar refractivity (Wildman–Crippen MR) is 64.4 cm³/mol. The first kappa shape index (κ1) is 12.8. The molecule has 0 aliphatic carbocycles. The van der Waals surface area contributed by atoms with Gasteiger partial charge in [-0.1, -0.05) is 0 Å². The third-order valence-electron chi connectivity index (χ3n) is 2.93. The van der Waals surface area contributed by atoms with Gasteiger partial charge in [-0.3, -0.25) is 4.79 Å². The molecule has 1 rings (SSSR count). The Labute approximate surface area is 96.2 Å². The fourth-order valence-electron chi connectivity index (χ4n) is 2.04. The van der Waals surface area contributed by atoms with E-state index in [4.69, 9.17) is 5.11 Å². The first-order valence-electron chi connectivity index (χ1n) is 5.68. The number of piperidine rings is 1. The Morgan fingerprint density at radius 3 is 3.00 bits per heavy atom. The molecule has 0 amide bonds. The lowest BCUT2D eigenvalue weighted by Crippen LogP contribution is -2.39. The van der Waals surface area contributed by atoms with Crippen molar-refractivity contribution in [3.63, 3.8) is 0 Å². The molecule has 0 radical (unpaired) electrons. The minimum Gasteiger partial charge on any atom is -0.481 e. The number of rotatable bonds is 6. The van der Waals surface area contributed by atoms with Crippen LogP contribution < -0.4 is 0 Å². The minimum atomic E-state index is -0.621. The molecule has 3 nitrogen and oxygen atoms in total. The first-order valence-corrected chi connectivity index (χ1v) is 7.07. The van der Waals surface area contributed by atoms with E-state index in [2.05, 4.69) is 11.2 Å². The Morgan fingerprint density at radius 2 is 2.33 bits per heavy atom. The molecule has 1 fully saturated rings. The Bertz CT molecular complexity index is 199. The van der Waals surface area contributed by atoms with Crippen molar-refractivity contribution in [2.75, 3.05) is 31.6 Å². The summed E-state index contributed by atoms with van der Waals surface area (Å²) in [5, 5.41) is 8.94. The van der Waals surface area contributed by atoms with Gasteiger partial charge in [-0.25, -0.2) is 0 Å². The second-order valence-electron chi connectivity index (χ2n) is 4.18. The Kier molecular flexibility index (Phi) is 6.10. The van der Waals surface area contributed by atoms with Crippen LogP contribution in [0.25, 0.3) is 0 Å². The van der Waals surface area contributed by atoms with Crippen LogP contribution in [0.3, 0.4) is 0 Å². The van der Waals surface area contributed by atoms with Crippen LogP contribution in [-0.2, 0) is 4.79 Å². The summed E-state index contributed by atoms with van der Waals surface area (Å²) >= 11 is 1.88. The number of carbonyl (C=O) groups is 1. The molecule has 1 unspecified atom stereocenters. The van der Waals surface area contributed by atoms with Gasteiger partial charge in [0.15, 0.2) is 0 Å². The van der Waals surface area contributed by atoms with Crippen LogP contribution in [0, 0.1) is 5.92 Å². The quantitative estimate of drug-likeness (QED) is 0.709. The number of nitrogens with zero attached hydrogens (tertiary/aromatic N) is 1. The van der Waals surface area contributed by atoms with Crippen molar-refractivity contribution in [2.45, 2.75) is 25.7 Å². The number of unbranched alkanes of at least 4 members (excludes halogenated alkanes) is 1. The Hall–Kier alpha value is -0.220. The second kappa shape index (κ2) is 7.12. The molecule has 4 heteroatoms. The molecular weight excluding hydrogens is 210 g/mol. The lowest BCUT2D eigenvalue weighted by Gasteiger charge is -2.30. The highest BCUT2D eigenvalue weighted by Gasteiger charge is 2.24. The summed E-state index contributed by atoms with van der Waals surface area (Å²) in [5.41, 5.74) is 0. The minimum absolute atomic E-state index is 0.126.